The van der Waals surface area contributed by atoms with Crippen molar-refractivity contribution in [2.45, 2.75) is 4.90 Å². The molecule has 0 saturated carbocycles. The lowest BCUT2D eigenvalue weighted by atomic mass is 10.2. The molecule has 0 saturated heterocycles. The number of rotatable bonds is 1. The van der Waals surface area contributed by atoms with Crippen molar-refractivity contribution in [2.24, 2.45) is 0 Å². The maximum absolute atomic E-state index is 11.3. The molecule has 0 atom stereocenters. The fourth-order valence-electron chi connectivity index (χ4n) is 1.42. The molecule has 0 aliphatic rings. The number of hydrogen-bond acceptors (Lipinski definition) is 4. The lowest BCUT2D eigenvalue weighted by Crippen LogP contribution is -1.93. The van der Waals surface area contributed by atoms with Gasteiger partial charge >= 0.3 is 0 Å². The fourth-order valence-corrected chi connectivity index (χ4v) is 2.82. The monoisotopic (exact) mass is 277 g/mol. The van der Waals surface area contributed by atoms with Gasteiger partial charge in [0.25, 0.3) is 9.05 Å². The first kappa shape index (κ1) is 11.4. The molecular weight excluding hydrogens is 273 g/mol. The Kier molecular flexibility index (Phi) is 2.69. The van der Waals surface area contributed by atoms with Crippen LogP contribution in [0.5, 0.6) is 5.88 Å². The molecule has 7 heteroatoms. The molecule has 0 radical (unpaired) electrons. The number of hydrogen-bond donors (Lipinski definition) is 1. The normalized spacial score (nSPS) is 11.9. The Labute approximate surface area is 101 Å². The molecule has 0 fully saturated rings. The maximum atomic E-state index is 11.3. The van der Waals surface area contributed by atoms with E-state index in [4.69, 9.17) is 22.3 Å². The van der Waals surface area contributed by atoms with E-state index in [1.807, 2.05) is 0 Å². The second-order valence-corrected chi connectivity index (χ2v) is 5.99. The molecule has 84 valence electrons. The third-order valence-electron chi connectivity index (χ3n) is 2.07. The Morgan fingerprint density at radius 2 is 2.00 bits per heavy atom. The molecule has 1 aromatic carbocycles. The molecular formula is C9H5Cl2NO3S. The van der Waals surface area contributed by atoms with Gasteiger partial charge in [-0.15, -0.1) is 0 Å². The topological polar surface area (TPSA) is 67.3 Å². The van der Waals surface area contributed by atoms with Gasteiger partial charge in [0.15, 0.2) is 0 Å². The van der Waals surface area contributed by atoms with Crippen molar-refractivity contribution in [2.75, 3.05) is 0 Å². The zero-order valence-corrected chi connectivity index (χ0v) is 10.0. The summed E-state index contributed by atoms with van der Waals surface area (Å²) in [5, 5.41) is 10.0. The number of aromatic nitrogens is 1. The summed E-state index contributed by atoms with van der Waals surface area (Å²) in [4.78, 5) is 3.47. The van der Waals surface area contributed by atoms with E-state index < -0.39 is 9.05 Å². The second-order valence-electron chi connectivity index (χ2n) is 3.05. The van der Waals surface area contributed by atoms with Crippen molar-refractivity contribution in [3.8, 4) is 5.88 Å². The highest BCUT2D eigenvalue weighted by atomic mass is 35.7. The molecule has 0 aliphatic heterocycles. The largest absolute Gasteiger partial charge is 0.493 e. The Morgan fingerprint density at radius 3 is 2.62 bits per heavy atom. The van der Waals surface area contributed by atoms with Crippen LogP contribution in [0.25, 0.3) is 10.8 Å². The summed E-state index contributed by atoms with van der Waals surface area (Å²) >= 11 is 5.84. The maximum Gasteiger partial charge on any atom is 0.261 e. The van der Waals surface area contributed by atoms with Crippen molar-refractivity contribution >= 4 is 42.1 Å². The standard InChI is InChI=1S/C9H5Cl2NO3S/c10-6-4-12-9(13)5-2-1-3-7(8(5)6)16(11,14)15/h1-4H,(H,12,13). The first-order chi connectivity index (χ1) is 7.41. The van der Waals surface area contributed by atoms with Gasteiger partial charge in [0.1, 0.15) is 0 Å². The summed E-state index contributed by atoms with van der Waals surface area (Å²) in [7, 11) is 1.35. The van der Waals surface area contributed by atoms with Crippen molar-refractivity contribution in [1.82, 2.24) is 4.98 Å². The lowest BCUT2D eigenvalue weighted by molar-refractivity contribution is 0.460. The predicted octanol–water partition coefficient (Wildman–Crippen LogP) is 2.52. The third kappa shape index (κ3) is 1.81. The Morgan fingerprint density at radius 1 is 1.31 bits per heavy atom. The van der Waals surface area contributed by atoms with E-state index >= 15 is 0 Å². The molecule has 0 amide bonds. The number of aromatic hydroxyl groups is 1. The highest BCUT2D eigenvalue weighted by molar-refractivity contribution is 8.14. The molecule has 0 spiro atoms. The fraction of sp³-hybridized carbons (Fsp3) is 0. The van der Waals surface area contributed by atoms with Crippen LogP contribution < -0.4 is 0 Å². The van der Waals surface area contributed by atoms with E-state index in [1.165, 1.54) is 24.4 Å². The number of benzene rings is 1. The highest BCUT2D eigenvalue weighted by Gasteiger charge is 2.18. The molecule has 1 N–H and O–H groups in total. The van der Waals surface area contributed by atoms with Crippen LogP contribution in [0.1, 0.15) is 0 Å². The first-order valence-electron chi connectivity index (χ1n) is 4.12. The number of fused-ring (bicyclic) bond motifs is 1. The van der Waals surface area contributed by atoms with Crippen LogP contribution in [0.3, 0.4) is 0 Å². The van der Waals surface area contributed by atoms with Gasteiger partial charge in [-0.3, -0.25) is 0 Å². The van der Waals surface area contributed by atoms with Gasteiger partial charge in [-0.25, -0.2) is 13.4 Å². The van der Waals surface area contributed by atoms with Crippen LogP contribution in [-0.4, -0.2) is 18.5 Å². The predicted molar refractivity (Wildman–Crippen MR) is 61.5 cm³/mol. The van der Waals surface area contributed by atoms with E-state index in [9.17, 15) is 13.5 Å². The van der Waals surface area contributed by atoms with Crippen LogP contribution in [0.4, 0.5) is 0 Å². The van der Waals surface area contributed by atoms with E-state index in [0.717, 1.165) is 0 Å². The molecule has 0 aliphatic carbocycles. The van der Waals surface area contributed by atoms with Crippen LogP contribution in [0, 0.1) is 0 Å². The van der Waals surface area contributed by atoms with Gasteiger partial charge in [-0.1, -0.05) is 17.7 Å². The number of pyridine rings is 1. The molecule has 1 heterocycles. The van der Waals surface area contributed by atoms with Crippen LogP contribution in [0.2, 0.25) is 5.02 Å². The average Bonchev–Trinajstić information content (AvgIpc) is 2.22. The molecule has 0 bridgehead atoms. The molecule has 2 aromatic rings. The van der Waals surface area contributed by atoms with Gasteiger partial charge in [-0.2, -0.15) is 0 Å². The summed E-state index contributed by atoms with van der Waals surface area (Å²) in [5.41, 5.74) is 0. The summed E-state index contributed by atoms with van der Waals surface area (Å²) in [6, 6.07) is 4.28. The molecule has 0 unspecified atom stereocenters. The minimum Gasteiger partial charge on any atom is -0.493 e. The van der Waals surface area contributed by atoms with Crippen LogP contribution in [-0.2, 0) is 9.05 Å². The smallest absolute Gasteiger partial charge is 0.261 e. The Bertz CT molecular complexity index is 670. The second kappa shape index (κ2) is 3.76. The third-order valence-corrected chi connectivity index (χ3v) is 3.72. The molecule has 1 aromatic heterocycles. The molecule has 4 nitrogen and oxygen atoms in total. The first-order valence-corrected chi connectivity index (χ1v) is 6.81. The van der Waals surface area contributed by atoms with Gasteiger partial charge in [0.05, 0.1) is 16.1 Å². The van der Waals surface area contributed by atoms with Crippen LogP contribution in [0.15, 0.2) is 29.3 Å². The SMILES string of the molecule is O=S(=O)(Cl)c1cccc2c(O)ncc(Cl)c12. The summed E-state index contributed by atoms with van der Waals surface area (Å²) < 4.78 is 22.6. The van der Waals surface area contributed by atoms with Crippen molar-refractivity contribution in [1.29, 1.82) is 0 Å². The minimum atomic E-state index is -3.92. The molecule has 16 heavy (non-hydrogen) atoms. The lowest BCUT2D eigenvalue weighted by Gasteiger charge is -2.05. The number of nitrogens with zero attached hydrogens (tertiary/aromatic N) is 1. The van der Waals surface area contributed by atoms with Gasteiger partial charge in [-0.05, 0) is 12.1 Å². The van der Waals surface area contributed by atoms with Crippen LogP contribution >= 0.6 is 22.3 Å². The molecule has 2 rings (SSSR count). The summed E-state index contributed by atoms with van der Waals surface area (Å²) in [6.45, 7) is 0. The van der Waals surface area contributed by atoms with Gasteiger partial charge in [0, 0.05) is 21.5 Å². The van der Waals surface area contributed by atoms with Gasteiger partial charge < -0.3 is 5.11 Å². The van der Waals surface area contributed by atoms with E-state index in [1.54, 1.807) is 0 Å². The van der Waals surface area contributed by atoms with Gasteiger partial charge in [0.2, 0.25) is 5.88 Å². The highest BCUT2D eigenvalue weighted by Crippen LogP contribution is 2.34. The summed E-state index contributed by atoms with van der Waals surface area (Å²) in [5.74, 6) is -0.290. The van der Waals surface area contributed by atoms with Crippen molar-refractivity contribution in [3.63, 3.8) is 0 Å². The zero-order valence-electron chi connectivity index (χ0n) is 7.68. The van der Waals surface area contributed by atoms with E-state index in [2.05, 4.69) is 4.98 Å². The zero-order chi connectivity index (χ0) is 11.9. The minimum absolute atomic E-state index is 0.118. The average molecular weight is 278 g/mol. The summed E-state index contributed by atoms with van der Waals surface area (Å²) in [6.07, 6.45) is 1.17. The van der Waals surface area contributed by atoms with E-state index in [0.29, 0.717) is 0 Å². The number of halogens is 2. The Hall–Kier alpha value is -1.04. The van der Waals surface area contributed by atoms with Crippen molar-refractivity contribution in [3.05, 3.63) is 29.4 Å². The quantitative estimate of drug-likeness (QED) is 0.814. The van der Waals surface area contributed by atoms with E-state index in [-0.39, 0.29) is 26.6 Å². The van der Waals surface area contributed by atoms with Crippen molar-refractivity contribution < 1.29 is 13.5 Å². The Balaban J connectivity index is 3.04.